The summed E-state index contributed by atoms with van der Waals surface area (Å²) in [7, 11) is 1.26. The molecular weight excluding hydrogens is 339 g/mol. The van der Waals surface area contributed by atoms with Crippen molar-refractivity contribution in [3.8, 4) is 5.75 Å². The first-order chi connectivity index (χ1) is 11.7. The molecule has 2 aromatic rings. The molecule has 132 valence electrons. The average Bonchev–Trinajstić information content (AvgIpc) is 2.55. The molecule has 0 aliphatic carbocycles. The number of hydrogen-bond acceptors (Lipinski definition) is 4. The van der Waals surface area contributed by atoms with Crippen molar-refractivity contribution in [3.63, 3.8) is 0 Å². The minimum absolute atomic E-state index is 0.158. The third kappa shape index (κ3) is 4.97. The van der Waals surface area contributed by atoms with Crippen LogP contribution in [0.3, 0.4) is 0 Å². The Hall–Kier alpha value is -3.03. The van der Waals surface area contributed by atoms with Crippen LogP contribution in [0.5, 0.6) is 5.75 Å². The lowest BCUT2D eigenvalue weighted by Gasteiger charge is -2.11. The van der Waals surface area contributed by atoms with Gasteiger partial charge in [0.2, 0.25) is 0 Å². The molecule has 25 heavy (non-hydrogen) atoms. The van der Waals surface area contributed by atoms with Crippen molar-refractivity contribution >= 4 is 17.6 Å². The van der Waals surface area contributed by atoms with E-state index in [-0.39, 0.29) is 5.56 Å². The largest absolute Gasteiger partial charge is 0.573 e. The number of anilines is 1. The lowest BCUT2D eigenvalue weighted by molar-refractivity contribution is -0.274. The Bertz CT molecular complexity index is 785. The van der Waals surface area contributed by atoms with E-state index in [9.17, 15) is 22.8 Å². The molecule has 5 nitrogen and oxygen atoms in total. The standard InChI is InChI=1S/C17H14F3NO4/c1-10-9-12(16(23)24-2)5-8-14(10)21-15(22)11-3-6-13(7-4-11)25-17(18,19)20/h3-9H,1-2H3,(H,21,22). The predicted molar refractivity (Wildman–Crippen MR) is 83.6 cm³/mol. The van der Waals surface area contributed by atoms with E-state index in [0.29, 0.717) is 16.8 Å². The van der Waals surface area contributed by atoms with Gasteiger partial charge in [0.05, 0.1) is 12.7 Å². The number of hydrogen-bond donors (Lipinski definition) is 1. The quantitative estimate of drug-likeness (QED) is 0.846. The third-order valence-electron chi connectivity index (χ3n) is 3.25. The van der Waals surface area contributed by atoms with Crippen molar-refractivity contribution in [1.29, 1.82) is 0 Å². The third-order valence-corrected chi connectivity index (χ3v) is 3.25. The Labute approximate surface area is 141 Å². The van der Waals surface area contributed by atoms with Gasteiger partial charge in [0.1, 0.15) is 5.75 Å². The van der Waals surface area contributed by atoms with Gasteiger partial charge in [-0.2, -0.15) is 0 Å². The summed E-state index contributed by atoms with van der Waals surface area (Å²) in [6, 6.07) is 9.13. The van der Waals surface area contributed by atoms with Crippen LogP contribution in [0.4, 0.5) is 18.9 Å². The first kappa shape index (κ1) is 18.3. The van der Waals surface area contributed by atoms with Crippen molar-refractivity contribution in [2.75, 3.05) is 12.4 Å². The molecule has 0 spiro atoms. The summed E-state index contributed by atoms with van der Waals surface area (Å²) in [6.07, 6.45) is -4.79. The summed E-state index contributed by atoms with van der Waals surface area (Å²) in [4.78, 5) is 23.6. The van der Waals surface area contributed by atoms with Crippen LogP contribution in [0.2, 0.25) is 0 Å². The Kier molecular flexibility index (Phi) is 5.31. The fourth-order valence-electron chi connectivity index (χ4n) is 2.05. The van der Waals surface area contributed by atoms with Crippen LogP contribution in [0.1, 0.15) is 26.3 Å². The Morgan fingerprint density at radius 1 is 1.00 bits per heavy atom. The molecule has 0 saturated carbocycles. The van der Waals surface area contributed by atoms with Crippen LogP contribution >= 0.6 is 0 Å². The van der Waals surface area contributed by atoms with E-state index in [1.54, 1.807) is 19.1 Å². The van der Waals surface area contributed by atoms with Gasteiger partial charge >= 0.3 is 12.3 Å². The molecule has 1 amide bonds. The molecule has 2 rings (SSSR count). The first-order valence-electron chi connectivity index (χ1n) is 7.06. The van der Waals surface area contributed by atoms with E-state index in [1.807, 2.05) is 0 Å². The smallest absolute Gasteiger partial charge is 0.465 e. The van der Waals surface area contributed by atoms with Gasteiger partial charge < -0.3 is 14.8 Å². The second-order valence-corrected chi connectivity index (χ2v) is 5.05. The molecule has 0 aromatic heterocycles. The van der Waals surface area contributed by atoms with E-state index in [4.69, 9.17) is 0 Å². The molecule has 0 unspecified atom stereocenters. The lowest BCUT2D eigenvalue weighted by atomic mass is 10.1. The van der Waals surface area contributed by atoms with E-state index in [2.05, 4.69) is 14.8 Å². The Morgan fingerprint density at radius 2 is 1.60 bits per heavy atom. The maximum atomic E-state index is 12.2. The molecule has 0 radical (unpaired) electrons. The van der Waals surface area contributed by atoms with Crippen LogP contribution in [0.25, 0.3) is 0 Å². The average molecular weight is 353 g/mol. The predicted octanol–water partition coefficient (Wildman–Crippen LogP) is 3.93. The van der Waals surface area contributed by atoms with E-state index >= 15 is 0 Å². The minimum atomic E-state index is -4.79. The second kappa shape index (κ2) is 7.25. The van der Waals surface area contributed by atoms with Gasteiger partial charge in [0.15, 0.2) is 0 Å². The van der Waals surface area contributed by atoms with Crippen molar-refractivity contribution in [3.05, 3.63) is 59.2 Å². The molecule has 0 heterocycles. The van der Waals surface area contributed by atoms with Gasteiger partial charge in [-0.3, -0.25) is 4.79 Å². The molecule has 0 atom stereocenters. The van der Waals surface area contributed by atoms with E-state index in [0.717, 1.165) is 12.1 Å². The first-order valence-corrected chi connectivity index (χ1v) is 7.06. The van der Waals surface area contributed by atoms with E-state index < -0.39 is 24.0 Å². The monoisotopic (exact) mass is 353 g/mol. The fraction of sp³-hybridized carbons (Fsp3) is 0.176. The SMILES string of the molecule is COC(=O)c1ccc(NC(=O)c2ccc(OC(F)(F)F)cc2)c(C)c1. The van der Waals surface area contributed by atoms with Crippen LogP contribution in [0, 0.1) is 6.92 Å². The Balaban J connectivity index is 2.10. The number of halogens is 3. The number of carbonyl (C=O) groups is 2. The minimum Gasteiger partial charge on any atom is -0.465 e. The molecule has 8 heteroatoms. The summed E-state index contributed by atoms with van der Waals surface area (Å²) in [6.45, 7) is 1.70. The molecule has 0 bridgehead atoms. The van der Waals surface area contributed by atoms with Gasteiger partial charge in [-0.05, 0) is 55.0 Å². The number of nitrogens with one attached hydrogen (secondary N) is 1. The maximum absolute atomic E-state index is 12.2. The van der Waals surface area contributed by atoms with Crippen molar-refractivity contribution in [2.45, 2.75) is 13.3 Å². The molecule has 0 aliphatic rings. The number of benzene rings is 2. The van der Waals surface area contributed by atoms with Gasteiger partial charge in [-0.15, -0.1) is 13.2 Å². The van der Waals surface area contributed by atoms with Crippen LogP contribution in [-0.2, 0) is 4.74 Å². The summed E-state index contributed by atoms with van der Waals surface area (Å²) >= 11 is 0. The van der Waals surface area contributed by atoms with Gasteiger partial charge in [0, 0.05) is 11.3 Å². The van der Waals surface area contributed by atoms with Crippen molar-refractivity contribution < 1.29 is 32.2 Å². The molecular formula is C17H14F3NO4. The highest BCUT2D eigenvalue weighted by Crippen LogP contribution is 2.23. The number of alkyl halides is 3. The number of ether oxygens (including phenoxy) is 2. The molecule has 0 saturated heterocycles. The van der Waals surface area contributed by atoms with Gasteiger partial charge in [-0.25, -0.2) is 4.79 Å². The number of esters is 1. The van der Waals surface area contributed by atoms with Gasteiger partial charge in [0.25, 0.3) is 5.91 Å². The normalized spacial score (nSPS) is 10.9. The topological polar surface area (TPSA) is 64.6 Å². The van der Waals surface area contributed by atoms with Crippen LogP contribution in [-0.4, -0.2) is 25.3 Å². The molecule has 0 fully saturated rings. The van der Waals surface area contributed by atoms with Crippen molar-refractivity contribution in [1.82, 2.24) is 0 Å². The number of amides is 1. The number of aryl methyl sites for hydroxylation is 1. The van der Waals surface area contributed by atoms with Crippen LogP contribution in [0.15, 0.2) is 42.5 Å². The zero-order valence-electron chi connectivity index (χ0n) is 13.3. The fourth-order valence-corrected chi connectivity index (χ4v) is 2.05. The number of rotatable bonds is 4. The zero-order valence-corrected chi connectivity index (χ0v) is 13.3. The number of carbonyl (C=O) groups excluding carboxylic acids is 2. The van der Waals surface area contributed by atoms with Gasteiger partial charge in [-0.1, -0.05) is 0 Å². The number of methoxy groups -OCH3 is 1. The lowest BCUT2D eigenvalue weighted by Crippen LogP contribution is -2.17. The molecule has 2 aromatic carbocycles. The van der Waals surface area contributed by atoms with Crippen molar-refractivity contribution in [2.24, 2.45) is 0 Å². The summed E-state index contributed by atoms with van der Waals surface area (Å²) in [5.74, 6) is -1.42. The summed E-state index contributed by atoms with van der Waals surface area (Å²) in [5, 5.41) is 2.62. The molecule has 0 aliphatic heterocycles. The highest BCUT2D eigenvalue weighted by atomic mass is 19.4. The second-order valence-electron chi connectivity index (χ2n) is 5.05. The zero-order chi connectivity index (χ0) is 18.6. The highest BCUT2D eigenvalue weighted by Gasteiger charge is 2.31. The highest BCUT2D eigenvalue weighted by molar-refractivity contribution is 6.05. The van der Waals surface area contributed by atoms with E-state index in [1.165, 1.54) is 25.3 Å². The van der Waals surface area contributed by atoms with Crippen LogP contribution < -0.4 is 10.1 Å². The summed E-state index contributed by atoms with van der Waals surface area (Å²) < 4.78 is 44.7. The molecule has 1 N–H and O–H groups in total. The maximum Gasteiger partial charge on any atom is 0.573 e. The summed E-state index contributed by atoms with van der Waals surface area (Å²) in [5.41, 5.74) is 1.60. The Morgan fingerprint density at radius 3 is 2.12 bits per heavy atom.